The third kappa shape index (κ3) is 5.99. The van der Waals surface area contributed by atoms with E-state index in [-0.39, 0.29) is 16.6 Å². The van der Waals surface area contributed by atoms with Crippen molar-refractivity contribution in [1.82, 2.24) is 18.3 Å². The highest BCUT2D eigenvalue weighted by molar-refractivity contribution is 6.29. The predicted molar refractivity (Wildman–Crippen MR) is 343 cm³/mol. The molecule has 5 heterocycles. The summed E-state index contributed by atoms with van der Waals surface area (Å²) in [4.78, 5) is 4.31. The van der Waals surface area contributed by atoms with E-state index in [4.69, 9.17) is 7.16 Å². The van der Waals surface area contributed by atoms with E-state index in [1.807, 2.05) is 60.7 Å². The summed E-state index contributed by atoms with van der Waals surface area (Å²) in [5, 5.41) is 14.6. The number of nitriles is 1. The number of hydrogen-bond acceptors (Lipinski definition) is 2. The lowest BCUT2D eigenvalue weighted by atomic mass is 9.92. The molecule has 0 radical (unpaired) electrons. The van der Waals surface area contributed by atoms with Crippen LogP contribution in [-0.2, 0) is 0 Å². The second kappa shape index (κ2) is 16.9. The number of furan rings is 1. The Labute approximate surface area is 507 Å². The fraction of sp³-hybridized carbons (Fsp3) is 0. The standard InChI is InChI=1S/C76H42N6O/c1-78-71-73(79-60-32-11-4-22-50(60)51-23-5-12-33-61(51)79)59(44-77)74(80-62-34-13-6-24-52(62)53-25-7-14-35-63(53)80)76(75(71)81-64-36-15-8-26-54(64)55-27-9-16-37-65(55)81)82-66-38-19-31-56(48-30-18-29-47-46-21-3-2-20-45(46)40-41-49(47)48)69(66)58-42-43-68-70(72(58)82)57-28-10-17-39-67(57)83-68/h2-43H/i4D,5D,6D,7D,8D,9D,11D,12D,13D,14D,15D,16D,22D,23D,24D,25D,26D,27D,32D,33D,34D,35D,36D,37D. The van der Waals surface area contributed by atoms with Crippen molar-refractivity contribution in [3.8, 4) is 39.9 Å². The van der Waals surface area contributed by atoms with E-state index in [0.717, 1.165) is 35.2 Å². The van der Waals surface area contributed by atoms with Gasteiger partial charge in [-0.05, 0) is 93.2 Å². The van der Waals surface area contributed by atoms with Crippen LogP contribution in [0.2, 0.25) is 0 Å². The Bertz CT molecular complexity index is 7050. The second-order valence-electron chi connectivity index (χ2n) is 19.8. The first-order valence-electron chi connectivity index (χ1n) is 38.0. The molecule has 0 saturated carbocycles. The quantitative estimate of drug-likeness (QED) is 0.127. The van der Waals surface area contributed by atoms with E-state index in [0.29, 0.717) is 38.3 Å². The zero-order valence-electron chi connectivity index (χ0n) is 66.5. The SMILES string of the molecule is [2H]c1c([2H])c([2H])c2c(c1[2H])c1c([2H])c([2H])c([2H])c([2H])c1n2-c1c(C#N)c(-n2c3c([2H])c([2H])c([2H])c([2H])c3c3c([2H])c([2H])c([2H])c([2H])c32)c(-n2c3cccc(-c4cccc5c4ccc4ccccc45)c3c3ccc4oc5ccccc5c4c32)c(-n2c3c([2H])c([2H])c([2H])c([2H])c3c3c([2H])c([2H])c([2H])c([2H])c32)c1[N+]#[C-]. The number of aromatic nitrogens is 4. The van der Waals surface area contributed by atoms with Crippen molar-refractivity contribution in [3.63, 3.8) is 0 Å². The normalized spacial score (nSPS) is 16.1. The maximum atomic E-state index is 13.1. The molecule has 7 heteroatoms. The fourth-order valence-electron chi connectivity index (χ4n) is 12.8. The van der Waals surface area contributed by atoms with Crippen molar-refractivity contribution in [3.05, 3.63) is 271 Å². The molecule has 18 rings (SSSR count). The van der Waals surface area contributed by atoms with Crippen LogP contribution in [0, 0.1) is 17.9 Å². The monoisotopic (exact) mass is 1080 g/mol. The van der Waals surface area contributed by atoms with Crippen molar-refractivity contribution < 1.29 is 37.3 Å². The van der Waals surface area contributed by atoms with Gasteiger partial charge in [0.1, 0.15) is 17.2 Å². The summed E-state index contributed by atoms with van der Waals surface area (Å²) in [5.41, 5.74) is -7.06. The lowest BCUT2D eigenvalue weighted by Gasteiger charge is -2.27. The van der Waals surface area contributed by atoms with Gasteiger partial charge >= 0.3 is 0 Å². The molecule has 18 aromatic rings. The van der Waals surface area contributed by atoms with Gasteiger partial charge in [0.2, 0.25) is 5.69 Å². The van der Waals surface area contributed by atoms with Crippen molar-refractivity contribution >= 4 is 136 Å². The summed E-state index contributed by atoms with van der Waals surface area (Å²) in [7, 11) is 0. The minimum Gasteiger partial charge on any atom is -0.456 e. The van der Waals surface area contributed by atoms with E-state index in [1.165, 1.54) is 4.57 Å². The summed E-state index contributed by atoms with van der Waals surface area (Å²) in [6.07, 6.45) is 0. The number of nitrogens with zero attached hydrogens (tertiary/aromatic N) is 6. The fourth-order valence-corrected chi connectivity index (χ4v) is 12.8. The molecule has 0 aliphatic rings. The molecule has 13 aromatic carbocycles. The van der Waals surface area contributed by atoms with Gasteiger partial charge in [0, 0.05) is 48.5 Å². The molecule has 0 spiro atoms. The molecule has 7 nitrogen and oxygen atoms in total. The highest BCUT2D eigenvalue weighted by Crippen LogP contribution is 2.54. The topological polar surface area (TPSA) is 61.0 Å². The van der Waals surface area contributed by atoms with Gasteiger partial charge in [0.15, 0.2) is 0 Å². The average molecular weight is 1080 g/mol. The molecule has 83 heavy (non-hydrogen) atoms. The van der Waals surface area contributed by atoms with Crippen LogP contribution in [-0.4, -0.2) is 18.3 Å². The van der Waals surface area contributed by atoms with Crippen LogP contribution in [0.5, 0.6) is 0 Å². The van der Waals surface area contributed by atoms with E-state index < -0.39 is 244 Å². The molecule has 0 bridgehead atoms. The lowest BCUT2D eigenvalue weighted by Crippen LogP contribution is -2.14. The highest BCUT2D eigenvalue weighted by Gasteiger charge is 2.35. The molecule has 0 atom stereocenters. The first-order chi connectivity index (χ1) is 51.1. The van der Waals surface area contributed by atoms with E-state index in [9.17, 15) is 42.0 Å². The molecule has 0 aliphatic carbocycles. The van der Waals surface area contributed by atoms with E-state index in [1.54, 1.807) is 48.5 Å². The summed E-state index contributed by atoms with van der Waals surface area (Å²) in [6.45, 7) is 10.1. The van der Waals surface area contributed by atoms with Crippen LogP contribution < -0.4 is 0 Å². The average Bonchev–Trinajstić information content (AvgIpc) is 1.54. The van der Waals surface area contributed by atoms with Gasteiger partial charge in [0.25, 0.3) is 0 Å². The molecule has 382 valence electrons. The number of benzene rings is 13. The summed E-state index contributed by atoms with van der Waals surface area (Å²) in [6, 6.07) is 13.2. The summed E-state index contributed by atoms with van der Waals surface area (Å²) in [5.74, 6) is 0. The number of para-hydroxylation sites is 7. The molecule has 0 amide bonds. The van der Waals surface area contributed by atoms with Crippen molar-refractivity contribution in [2.75, 3.05) is 0 Å². The third-order valence-corrected chi connectivity index (χ3v) is 16.0. The number of rotatable bonds is 5. The second-order valence-corrected chi connectivity index (χ2v) is 19.8. The van der Waals surface area contributed by atoms with Crippen molar-refractivity contribution in [2.45, 2.75) is 0 Å². The van der Waals surface area contributed by atoms with Gasteiger partial charge in [-0.25, -0.2) is 4.85 Å². The van der Waals surface area contributed by atoms with Gasteiger partial charge in [-0.3, -0.25) is 0 Å². The largest absolute Gasteiger partial charge is 0.456 e. The molecule has 0 unspecified atom stereocenters. The van der Waals surface area contributed by atoms with Crippen LogP contribution in [0.3, 0.4) is 0 Å². The highest BCUT2D eigenvalue weighted by atomic mass is 16.3. The summed E-state index contributed by atoms with van der Waals surface area (Å²) < 4.78 is 242. The smallest absolute Gasteiger partial charge is 0.237 e. The van der Waals surface area contributed by atoms with E-state index in [2.05, 4.69) is 10.9 Å². The molecule has 0 N–H and O–H groups in total. The predicted octanol–water partition coefficient (Wildman–Crippen LogP) is 20.4. The van der Waals surface area contributed by atoms with Crippen LogP contribution in [0.4, 0.5) is 5.69 Å². The number of hydrogen-bond donors (Lipinski definition) is 0. The van der Waals surface area contributed by atoms with Crippen LogP contribution in [0.15, 0.2) is 259 Å². The third-order valence-electron chi connectivity index (χ3n) is 16.0. The Morgan fingerprint density at radius 1 is 0.361 bits per heavy atom. The Morgan fingerprint density at radius 2 is 0.843 bits per heavy atom. The first-order valence-corrected chi connectivity index (χ1v) is 26.0. The summed E-state index contributed by atoms with van der Waals surface area (Å²) >= 11 is 0. The first kappa shape index (κ1) is 28.0. The van der Waals surface area contributed by atoms with Gasteiger partial charge in [0.05, 0.1) is 117 Å². The Kier molecular flexibility index (Phi) is 5.71. The maximum absolute atomic E-state index is 13.1. The van der Waals surface area contributed by atoms with Crippen molar-refractivity contribution in [1.29, 1.82) is 5.26 Å². The zero-order valence-corrected chi connectivity index (χ0v) is 42.5. The molecule has 5 aromatic heterocycles. The number of fused-ring (bicyclic) bond motifs is 19. The lowest BCUT2D eigenvalue weighted by molar-refractivity contribution is 0.669. The van der Waals surface area contributed by atoms with Gasteiger partial charge < -0.3 is 22.7 Å². The van der Waals surface area contributed by atoms with Crippen LogP contribution in [0.1, 0.15) is 38.5 Å². The Balaban J connectivity index is 1.26. The Hall–Kier alpha value is -11.6. The maximum Gasteiger partial charge on any atom is 0.237 e. The van der Waals surface area contributed by atoms with Crippen LogP contribution >= 0.6 is 0 Å². The minimum atomic E-state index is -0.970. The minimum absolute atomic E-state index is 0.116. The molecule has 0 saturated heterocycles. The molecule has 0 aliphatic heterocycles. The zero-order chi connectivity index (χ0) is 75.5. The van der Waals surface area contributed by atoms with Crippen molar-refractivity contribution in [2.24, 2.45) is 0 Å². The van der Waals surface area contributed by atoms with Crippen LogP contribution in [0.25, 0.3) is 169 Å². The van der Waals surface area contributed by atoms with E-state index >= 15 is 0 Å². The van der Waals surface area contributed by atoms with Gasteiger partial charge in [-0.1, -0.05) is 194 Å². The molecule has 0 fully saturated rings. The van der Waals surface area contributed by atoms with Gasteiger partial charge in [-0.2, -0.15) is 5.26 Å². The Morgan fingerprint density at radius 3 is 1.42 bits per heavy atom. The molecular weight excluding hydrogens is 1010 g/mol. The van der Waals surface area contributed by atoms with Gasteiger partial charge in [-0.15, -0.1) is 0 Å². The molecular formula is C76H42N6O.